The molecule has 0 saturated heterocycles. The van der Waals surface area contributed by atoms with Crippen molar-refractivity contribution >= 4 is 0 Å². The zero-order valence-corrected chi connectivity index (χ0v) is 8.77. The third-order valence-electron chi connectivity index (χ3n) is 2.94. The first-order valence-electron chi connectivity index (χ1n) is 5.39. The Morgan fingerprint density at radius 3 is 2.54 bits per heavy atom. The Morgan fingerprint density at radius 2 is 2.08 bits per heavy atom. The molecule has 1 rings (SSSR count). The van der Waals surface area contributed by atoms with E-state index >= 15 is 0 Å². The van der Waals surface area contributed by atoms with Gasteiger partial charge in [0, 0.05) is 5.57 Å². The minimum atomic E-state index is 0.866. The van der Waals surface area contributed by atoms with Gasteiger partial charge in [0.2, 0.25) is 0 Å². The highest BCUT2D eigenvalue weighted by Gasteiger charge is 2.15. The summed E-state index contributed by atoms with van der Waals surface area (Å²) < 4.78 is 0. The molecule has 0 aliphatic heterocycles. The van der Waals surface area contributed by atoms with E-state index in [-0.39, 0.29) is 0 Å². The summed E-state index contributed by atoms with van der Waals surface area (Å²) in [6.45, 7) is 4.45. The van der Waals surface area contributed by atoms with Crippen molar-refractivity contribution < 1.29 is 0 Å². The first kappa shape index (κ1) is 10.3. The number of hydrogen-bond acceptors (Lipinski definition) is 1. The van der Waals surface area contributed by atoms with Gasteiger partial charge in [0.15, 0.2) is 0 Å². The molecule has 0 amide bonds. The Morgan fingerprint density at radius 1 is 1.46 bits per heavy atom. The number of allylic oxidation sites excluding steroid dienone is 2. The number of rotatable bonds is 2. The molecule has 0 atom stereocenters. The highest BCUT2D eigenvalue weighted by molar-refractivity contribution is 5.28. The maximum absolute atomic E-state index is 8.97. The van der Waals surface area contributed by atoms with Crippen molar-refractivity contribution in [2.75, 3.05) is 0 Å². The quantitative estimate of drug-likeness (QED) is 0.588. The molecule has 0 aromatic carbocycles. The zero-order chi connectivity index (χ0) is 9.68. The molecule has 72 valence electrons. The third kappa shape index (κ3) is 2.88. The van der Waals surface area contributed by atoms with Crippen LogP contribution in [0.5, 0.6) is 0 Å². The van der Waals surface area contributed by atoms with E-state index in [1.54, 1.807) is 0 Å². The molecular formula is C12H19N. The topological polar surface area (TPSA) is 23.8 Å². The van der Waals surface area contributed by atoms with E-state index in [1.807, 2.05) is 0 Å². The van der Waals surface area contributed by atoms with Gasteiger partial charge in [0.1, 0.15) is 0 Å². The summed E-state index contributed by atoms with van der Waals surface area (Å²) in [5.41, 5.74) is 2.52. The summed E-state index contributed by atoms with van der Waals surface area (Å²) >= 11 is 0. The molecule has 1 saturated carbocycles. The molecule has 0 spiro atoms. The predicted octanol–water partition coefficient (Wildman–Crippen LogP) is 3.82. The molecule has 1 fully saturated rings. The predicted molar refractivity (Wildman–Crippen MR) is 55.2 cm³/mol. The Labute approximate surface area is 81.5 Å². The van der Waals surface area contributed by atoms with Crippen LogP contribution in [-0.4, -0.2) is 0 Å². The normalized spacial score (nSPS) is 22.5. The largest absolute Gasteiger partial charge is 0.193 e. The zero-order valence-electron chi connectivity index (χ0n) is 8.77. The van der Waals surface area contributed by atoms with Crippen molar-refractivity contribution in [1.29, 1.82) is 5.26 Å². The molecule has 0 bridgehead atoms. The van der Waals surface area contributed by atoms with Gasteiger partial charge in [-0.05, 0) is 38.0 Å². The van der Waals surface area contributed by atoms with Crippen molar-refractivity contribution in [3.63, 3.8) is 0 Å². The van der Waals surface area contributed by atoms with Gasteiger partial charge in [-0.3, -0.25) is 0 Å². The molecule has 13 heavy (non-hydrogen) atoms. The fourth-order valence-electron chi connectivity index (χ4n) is 1.97. The highest BCUT2D eigenvalue weighted by atomic mass is 14.3. The molecule has 1 heteroatoms. The van der Waals surface area contributed by atoms with Gasteiger partial charge in [-0.1, -0.05) is 25.8 Å². The van der Waals surface area contributed by atoms with Crippen LogP contribution in [0.1, 0.15) is 52.4 Å². The Balaban J connectivity index is 2.62. The van der Waals surface area contributed by atoms with E-state index in [0.29, 0.717) is 0 Å². The fourth-order valence-corrected chi connectivity index (χ4v) is 1.97. The van der Waals surface area contributed by atoms with E-state index < -0.39 is 0 Å². The van der Waals surface area contributed by atoms with Crippen LogP contribution >= 0.6 is 0 Å². The number of nitriles is 1. The fraction of sp³-hybridized carbons (Fsp3) is 0.750. The van der Waals surface area contributed by atoms with Crippen LogP contribution in [-0.2, 0) is 0 Å². The monoisotopic (exact) mass is 177 g/mol. The van der Waals surface area contributed by atoms with Crippen molar-refractivity contribution in [2.24, 2.45) is 5.92 Å². The average Bonchev–Trinajstić information content (AvgIpc) is 2.16. The maximum Gasteiger partial charge on any atom is 0.0946 e. The molecule has 0 radical (unpaired) electrons. The molecule has 1 aliphatic rings. The molecule has 1 aliphatic carbocycles. The molecule has 0 aromatic rings. The molecule has 0 unspecified atom stereocenters. The minimum absolute atomic E-state index is 0.866. The molecule has 0 N–H and O–H groups in total. The van der Waals surface area contributed by atoms with Crippen LogP contribution in [0.25, 0.3) is 0 Å². The van der Waals surface area contributed by atoms with Crippen molar-refractivity contribution in [1.82, 2.24) is 0 Å². The van der Waals surface area contributed by atoms with Crippen LogP contribution < -0.4 is 0 Å². The summed E-state index contributed by atoms with van der Waals surface area (Å²) in [4.78, 5) is 0. The first-order valence-corrected chi connectivity index (χ1v) is 5.39. The summed E-state index contributed by atoms with van der Waals surface area (Å²) in [6.07, 6.45) is 6.99. The van der Waals surface area contributed by atoms with E-state index in [9.17, 15) is 0 Å². The lowest BCUT2D eigenvalue weighted by Gasteiger charge is -2.21. The van der Waals surface area contributed by atoms with Crippen molar-refractivity contribution in [3.05, 3.63) is 11.1 Å². The number of hydrogen-bond donors (Lipinski definition) is 0. The molecular weight excluding hydrogens is 158 g/mol. The lowest BCUT2D eigenvalue weighted by atomic mass is 9.84. The summed E-state index contributed by atoms with van der Waals surface area (Å²) in [7, 11) is 0. The summed E-state index contributed by atoms with van der Waals surface area (Å²) in [5.74, 6) is 0.866. The molecule has 1 nitrogen and oxygen atoms in total. The second-order valence-electron chi connectivity index (χ2n) is 4.13. The second-order valence-corrected chi connectivity index (χ2v) is 4.13. The van der Waals surface area contributed by atoms with E-state index in [2.05, 4.69) is 19.9 Å². The molecule has 0 heterocycles. The van der Waals surface area contributed by atoms with Crippen molar-refractivity contribution in [2.45, 2.75) is 52.4 Å². The average molecular weight is 177 g/mol. The standard InChI is InChI=1S/C12H19N/c1-3-4-12(9-13)11-7-5-10(2)6-8-11/h10H,3-8H2,1-2H3. The van der Waals surface area contributed by atoms with Crippen LogP contribution in [0.4, 0.5) is 0 Å². The highest BCUT2D eigenvalue weighted by Crippen LogP contribution is 2.30. The summed E-state index contributed by atoms with van der Waals surface area (Å²) in [5, 5.41) is 8.97. The third-order valence-corrected chi connectivity index (χ3v) is 2.94. The van der Waals surface area contributed by atoms with Gasteiger partial charge < -0.3 is 0 Å². The van der Waals surface area contributed by atoms with Gasteiger partial charge in [-0.25, -0.2) is 0 Å². The van der Waals surface area contributed by atoms with Gasteiger partial charge in [-0.15, -0.1) is 0 Å². The lowest BCUT2D eigenvalue weighted by Crippen LogP contribution is -2.05. The van der Waals surface area contributed by atoms with Gasteiger partial charge in [0.25, 0.3) is 0 Å². The van der Waals surface area contributed by atoms with Gasteiger partial charge in [-0.2, -0.15) is 5.26 Å². The Hall–Kier alpha value is -0.770. The van der Waals surface area contributed by atoms with Crippen LogP contribution in [0.3, 0.4) is 0 Å². The second kappa shape index (κ2) is 5.07. The molecule has 0 aromatic heterocycles. The van der Waals surface area contributed by atoms with E-state index in [1.165, 1.54) is 31.3 Å². The van der Waals surface area contributed by atoms with Crippen LogP contribution in [0.15, 0.2) is 11.1 Å². The SMILES string of the molecule is CCCC(C#N)=C1CCC(C)CC1. The smallest absolute Gasteiger partial charge is 0.0946 e. The Bertz CT molecular complexity index is 222. The Kier molecular flexibility index (Phi) is 4.02. The van der Waals surface area contributed by atoms with E-state index in [4.69, 9.17) is 5.26 Å². The van der Waals surface area contributed by atoms with Crippen LogP contribution in [0.2, 0.25) is 0 Å². The maximum atomic E-state index is 8.97. The summed E-state index contributed by atoms with van der Waals surface area (Å²) in [6, 6.07) is 2.37. The van der Waals surface area contributed by atoms with Gasteiger partial charge in [0.05, 0.1) is 6.07 Å². The lowest BCUT2D eigenvalue weighted by molar-refractivity contribution is 0.441. The van der Waals surface area contributed by atoms with Crippen LogP contribution in [0, 0.1) is 17.2 Å². The number of nitrogens with zero attached hydrogens (tertiary/aromatic N) is 1. The van der Waals surface area contributed by atoms with E-state index in [0.717, 1.165) is 24.3 Å². The van der Waals surface area contributed by atoms with Gasteiger partial charge >= 0.3 is 0 Å². The van der Waals surface area contributed by atoms with Crippen molar-refractivity contribution in [3.8, 4) is 6.07 Å². The first-order chi connectivity index (χ1) is 6.27. The minimum Gasteiger partial charge on any atom is -0.193 e.